The van der Waals surface area contributed by atoms with Crippen molar-refractivity contribution < 1.29 is 10.2 Å². The van der Waals surface area contributed by atoms with E-state index in [1.165, 1.54) is 57.8 Å². The van der Waals surface area contributed by atoms with Crippen molar-refractivity contribution in [2.75, 3.05) is 7.05 Å². The van der Waals surface area contributed by atoms with Crippen molar-refractivity contribution in [3.05, 3.63) is 0 Å². The molecule has 4 heteroatoms. The molecule has 216 valence electrons. The Balaban J connectivity index is -0.000000112. The molecule has 35 heavy (non-hydrogen) atoms. The number of aliphatic hydroxyl groups excluding tert-OH is 1. The Morgan fingerprint density at radius 1 is 0.971 bits per heavy atom. The molecule has 0 heterocycles. The minimum Gasteiger partial charge on any atom is -0.392 e. The summed E-state index contributed by atoms with van der Waals surface area (Å²) in [5, 5.41) is 29.1. The average Bonchev–Trinajstić information content (AvgIpc) is 2.80. The number of nitriles is 1. The Labute approximate surface area is 223 Å². The van der Waals surface area contributed by atoms with Gasteiger partial charge in [-0.25, -0.2) is 0 Å². The molecular weight excluding hydrogens is 432 g/mol. The predicted octanol–water partition coefficient (Wildman–Crippen LogP) is 9.14. The predicted molar refractivity (Wildman–Crippen MR) is 160 cm³/mol. The molecule has 1 fully saturated rings. The zero-order chi connectivity index (χ0) is 28.9. The van der Waals surface area contributed by atoms with E-state index < -0.39 is 11.7 Å². The third kappa shape index (κ3) is 47.2. The minimum atomic E-state index is -0.463. The van der Waals surface area contributed by atoms with Gasteiger partial charge in [-0.05, 0) is 71.8 Å². The second-order valence-corrected chi connectivity index (χ2v) is 10.7. The second-order valence-electron chi connectivity index (χ2n) is 10.7. The van der Waals surface area contributed by atoms with Gasteiger partial charge in [0.2, 0.25) is 0 Å². The lowest BCUT2D eigenvalue weighted by atomic mass is 9.75. The van der Waals surface area contributed by atoms with E-state index in [0.717, 1.165) is 11.8 Å². The van der Waals surface area contributed by atoms with Crippen LogP contribution >= 0.6 is 0 Å². The van der Waals surface area contributed by atoms with Gasteiger partial charge in [0.1, 0.15) is 0 Å². The van der Waals surface area contributed by atoms with Crippen LogP contribution in [0.1, 0.15) is 154 Å². The third-order valence-electron chi connectivity index (χ3n) is 5.70. The van der Waals surface area contributed by atoms with Gasteiger partial charge in [0.25, 0.3) is 0 Å². The highest BCUT2D eigenvalue weighted by molar-refractivity contribution is 4.81. The van der Waals surface area contributed by atoms with Gasteiger partial charge in [0, 0.05) is 6.04 Å². The average molecular weight is 503 g/mol. The van der Waals surface area contributed by atoms with Gasteiger partial charge >= 0.3 is 0 Å². The number of unbranched alkanes of at least 4 members (excludes halogenated alkanes) is 1. The van der Waals surface area contributed by atoms with E-state index >= 15 is 0 Å². The van der Waals surface area contributed by atoms with E-state index in [1.807, 2.05) is 40.8 Å². The summed E-state index contributed by atoms with van der Waals surface area (Å²) in [6, 6.07) is 2.52. The van der Waals surface area contributed by atoms with E-state index in [0.29, 0.717) is 12.0 Å². The zero-order valence-corrected chi connectivity index (χ0v) is 26.8. The number of hydrogen-bond donors (Lipinski definition) is 3. The fourth-order valence-electron chi connectivity index (χ4n) is 2.75. The van der Waals surface area contributed by atoms with E-state index in [-0.39, 0.29) is 6.42 Å². The molecule has 2 atom stereocenters. The van der Waals surface area contributed by atoms with Crippen molar-refractivity contribution >= 4 is 0 Å². The number of rotatable bonds is 7. The molecule has 0 amide bonds. The number of hydrogen-bond acceptors (Lipinski definition) is 4. The molecular formula is C31H70N2O2. The number of nitrogens with one attached hydrogen (secondary N) is 1. The normalized spacial score (nSPS) is 18.1. The van der Waals surface area contributed by atoms with Crippen LogP contribution in [0.3, 0.4) is 0 Å². The molecule has 1 saturated carbocycles. The van der Waals surface area contributed by atoms with Crippen LogP contribution in [0.15, 0.2) is 0 Å². The first-order chi connectivity index (χ1) is 16.3. The standard InChI is InChI=1S/C10H20O.C7H17N.C5H12.C4H7NO.C3H8.C2H6/c1-8-4-6-9(7-5-8)10(2,3)11;1-4-5-6-7(2)8-3;1-4-5(2)3;1-4(6)2-3-5;1-3-2;1-2/h8-9,11H,4-7H2,1-3H3;7-8H,4-6H2,1-3H3;5H,4H2,1-3H3;4,6H,2H2,1H3;3H2,1-2H3;1-2H3. The van der Waals surface area contributed by atoms with Gasteiger partial charge < -0.3 is 15.5 Å². The van der Waals surface area contributed by atoms with Crippen LogP contribution in [0.25, 0.3) is 0 Å². The van der Waals surface area contributed by atoms with Gasteiger partial charge in [0.05, 0.1) is 24.2 Å². The van der Waals surface area contributed by atoms with Gasteiger partial charge in [-0.1, -0.05) is 101 Å². The lowest BCUT2D eigenvalue weighted by Gasteiger charge is -2.34. The molecule has 1 rings (SSSR count). The molecule has 0 aromatic carbocycles. The fourth-order valence-corrected chi connectivity index (χ4v) is 2.75. The first-order valence-electron chi connectivity index (χ1n) is 14.7. The van der Waals surface area contributed by atoms with Crippen LogP contribution in [-0.2, 0) is 0 Å². The first kappa shape index (κ1) is 44.4. The van der Waals surface area contributed by atoms with Gasteiger partial charge in [-0.3, -0.25) is 0 Å². The largest absolute Gasteiger partial charge is 0.392 e. The molecule has 0 spiro atoms. The lowest BCUT2D eigenvalue weighted by Crippen LogP contribution is -2.33. The molecule has 3 N–H and O–H groups in total. The monoisotopic (exact) mass is 503 g/mol. The SMILES string of the molecule is CC.CC(O)CC#N.CC1CCC(C(C)(C)O)CC1.CCC.CCC(C)C.CCCCC(C)NC. The molecule has 4 nitrogen and oxygen atoms in total. The van der Waals surface area contributed by atoms with Crippen LogP contribution in [0, 0.1) is 29.1 Å². The zero-order valence-electron chi connectivity index (χ0n) is 26.8. The molecule has 0 aromatic heterocycles. The van der Waals surface area contributed by atoms with Crippen molar-refractivity contribution in [2.45, 2.75) is 172 Å². The Morgan fingerprint density at radius 2 is 1.37 bits per heavy atom. The van der Waals surface area contributed by atoms with Gasteiger partial charge in [0.15, 0.2) is 0 Å². The summed E-state index contributed by atoms with van der Waals surface area (Å²) in [5.41, 5.74) is -0.444. The molecule has 2 unspecified atom stereocenters. The molecule has 1 aliphatic carbocycles. The van der Waals surface area contributed by atoms with Crippen molar-refractivity contribution in [2.24, 2.45) is 17.8 Å². The van der Waals surface area contributed by atoms with Crippen LogP contribution in [-0.4, -0.2) is 35.0 Å². The highest BCUT2D eigenvalue weighted by atomic mass is 16.3. The van der Waals surface area contributed by atoms with Crippen molar-refractivity contribution in [3.8, 4) is 6.07 Å². The van der Waals surface area contributed by atoms with E-state index in [9.17, 15) is 5.11 Å². The lowest BCUT2D eigenvalue weighted by molar-refractivity contribution is -0.00467. The van der Waals surface area contributed by atoms with Crippen LogP contribution in [0.2, 0.25) is 0 Å². The van der Waals surface area contributed by atoms with Gasteiger partial charge in [-0.2, -0.15) is 5.26 Å². The number of nitrogens with zero attached hydrogens (tertiary/aromatic N) is 1. The molecule has 0 aromatic rings. The van der Waals surface area contributed by atoms with Gasteiger partial charge in [-0.15, -0.1) is 0 Å². The van der Waals surface area contributed by atoms with E-state index in [2.05, 4.69) is 60.7 Å². The maximum atomic E-state index is 9.73. The molecule has 0 aliphatic heterocycles. The Bertz CT molecular complexity index is 390. The highest BCUT2D eigenvalue weighted by Crippen LogP contribution is 2.34. The minimum absolute atomic E-state index is 0.236. The number of aliphatic hydroxyl groups is 2. The third-order valence-corrected chi connectivity index (χ3v) is 5.70. The van der Waals surface area contributed by atoms with E-state index in [1.54, 1.807) is 6.92 Å². The van der Waals surface area contributed by atoms with Crippen molar-refractivity contribution in [1.82, 2.24) is 5.32 Å². The summed E-state index contributed by atoms with van der Waals surface area (Å²) in [7, 11) is 2.01. The topological polar surface area (TPSA) is 76.3 Å². The summed E-state index contributed by atoms with van der Waals surface area (Å²) >= 11 is 0. The van der Waals surface area contributed by atoms with Crippen LogP contribution < -0.4 is 5.32 Å². The van der Waals surface area contributed by atoms with Crippen molar-refractivity contribution in [1.29, 1.82) is 5.26 Å². The highest BCUT2D eigenvalue weighted by Gasteiger charge is 2.29. The quantitative estimate of drug-likeness (QED) is 0.324. The molecule has 1 aliphatic rings. The molecule has 0 radical (unpaired) electrons. The Morgan fingerprint density at radius 3 is 1.57 bits per heavy atom. The molecule has 0 saturated heterocycles. The molecule has 0 bridgehead atoms. The fraction of sp³-hybridized carbons (Fsp3) is 0.968. The summed E-state index contributed by atoms with van der Waals surface area (Å²) in [6.45, 7) is 27.1. The maximum absolute atomic E-state index is 9.73. The Hall–Kier alpha value is -0.630. The van der Waals surface area contributed by atoms with Crippen LogP contribution in [0.5, 0.6) is 0 Å². The summed E-state index contributed by atoms with van der Waals surface area (Å²) in [4.78, 5) is 0. The van der Waals surface area contributed by atoms with Crippen molar-refractivity contribution in [3.63, 3.8) is 0 Å². The smallest absolute Gasteiger partial charge is 0.0648 e. The van der Waals surface area contributed by atoms with Crippen LogP contribution in [0.4, 0.5) is 0 Å². The summed E-state index contributed by atoms with van der Waals surface area (Å²) < 4.78 is 0. The van der Waals surface area contributed by atoms with E-state index in [4.69, 9.17) is 10.4 Å². The second kappa shape index (κ2) is 33.4. The summed E-state index contributed by atoms with van der Waals surface area (Å²) in [5.74, 6) is 2.31. The Kier molecular flexibility index (Phi) is 42.3. The first-order valence-corrected chi connectivity index (χ1v) is 14.7. The summed E-state index contributed by atoms with van der Waals surface area (Å²) in [6.07, 6.45) is 11.3. The maximum Gasteiger partial charge on any atom is 0.0648 e.